The molecule has 0 saturated carbocycles. The van der Waals surface area contributed by atoms with Crippen LogP contribution in [0.25, 0.3) is 0 Å². The summed E-state index contributed by atoms with van der Waals surface area (Å²) in [6.45, 7) is 5.70. The van der Waals surface area contributed by atoms with Gasteiger partial charge in [0.05, 0.1) is 7.11 Å². The molecule has 0 aliphatic carbocycles. The van der Waals surface area contributed by atoms with Crippen LogP contribution in [0.1, 0.15) is 36.9 Å². The van der Waals surface area contributed by atoms with Gasteiger partial charge >= 0.3 is 0 Å². The number of aryl methyl sites for hydroxylation is 1. The third-order valence-electron chi connectivity index (χ3n) is 2.80. The molecule has 1 aromatic rings. The van der Waals surface area contributed by atoms with Crippen molar-refractivity contribution in [2.24, 2.45) is 5.73 Å². The van der Waals surface area contributed by atoms with Gasteiger partial charge in [0.1, 0.15) is 5.75 Å². The van der Waals surface area contributed by atoms with Crippen LogP contribution in [0.15, 0.2) is 18.2 Å². The molecular weight excluding hydrogens is 214 g/mol. The second-order valence-corrected chi connectivity index (χ2v) is 4.23. The molecular formula is C14H23NO2. The van der Waals surface area contributed by atoms with Crippen LogP contribution in [0.5, 0.6) is 5.75 Å². The van der Waals surface area contributed by atoms with Crippen LogP contribution >= 0.6 is 0 Å². The first-order chi connectivity index (χ1) is 8.19. The molecule has 2 N–H and O–H groups in total. The molecule has 0 amide bonds. The first-order valence-corrected chi connectivity index (χ1v) is 6.17. The van der Waals surface area contributed by atoms with Gasteiger partial charge in [-0.2, -0.15) is 0 Å². The molecule has 0 aliphatic heterocycles. The highest BCUT2D eigenvalue weighted by molar-refractivity contribution is 5.36. The smallest absolute Gasteiger partial charge is 0.119 e. The van der Waals surface area contributed by atoms with Crippen LogP contribution in [0.2, 0.25) is 0 Å². The lowest BCUT2D eigenvalue weighted by molar-refractivity contribution is 0.127. The molecule has 1 unspecified atom stereocenters. The van der Waals surface area contributed by atoms with E-state index in [1.165, 1.54) is 11.1 Å². The van der Waals surface area contributed by atoms with E-state index in [0.717, 1.165) is 31.8 Å². The van der Waals surface area contributed by atoms with Crippen molar-refractivity contribution >= 4 is 0 Å². The molecule has 0 fully saturated rings. The highest BCUT2D eigenvalue weighted by Gasteiger charge is 2.09. The van der Waals surface area contributed by atoms with Crippen molar-refractivity contribution in [1.29, 1.82) is 0 Å². The summed E-state index contributed by atoms with van der Waals surface area (Å²) in [6.07, 6.45) is 1.91. The summed E-state index contributed by atoms with van der Waals surface area (Å²) >= 11 is 0. The van der Waals surface area contributed by atoms with Gasteiger partial charge in [-0.25, -0.2) is 0 Å². The van der Waals surface area contributed by atoms with Gasteiger partial charge in [0.15, 0.2) is 0 Å². The van der Waals surface area contributed by atoms with Crippen LogP contribution in [-0.2, 0) is 4.74 Å². The molecule has 17 heavy (non-hydrogen) atoms. The predicted octanol–water partition coefficient (Wildman–Crippen LogP) is 2.82. The Morgan fingerprint density at radius 2 is 2.06 bits per heavy atom. The SMILES string of the molecule is CCCOCCC(N)c1ccc(OC)cc1C. The average molecular weight is 237 g/mol. The molecule has 0 aromatic heterocycles. The van der Waals surface area contributed by atoms with Crippen LogP contribution in [0, 0.1) is 6.92 Å². The van der Waals surface area contributed by atoms with E-state index in [2.05, 4.69) is 13.8 Å². The van der Waals surface area contributed by atoms with Crippen LogP contribution < -0.4 is 10.5 Å². The molecule has 0 bridgehead atoms. The van der Waals surface area contributed by atoms with E-state index in [4.69, 9.17) is 15.2 Å². The Hall–Kier alpha value is -1.06. The van der Waals surface area contributed by atoms with Gasteiger partial charge in [-0.05, 0) is 43.0 Å². The summed E-state index contributed by atoms with van der Waals surface area (Å²) in [5.41, 5.74) is 8.49. The van der Waals surface area contributed by atoms with E-state index >= 15 is 0 Å². The Kier molecular flexibility index (Phi) is 6.01. The number of ether oxygens (including phenoxy) is 2. The van der Waals surface area contributed by atoms with E-state index in [1.807, 2.05) is 18.2 Å². The first kappa shape index (κ1) is 14.0. The third kappa shape index (κ3) is 4.36. The molecule has 1 rings (SSSR count). The van der Waals surface area contributed by atoms with Crippen LogP contribution in [-0.4, -0.2) is 20.3 Å². The predicted molar refractivity (Wildman–Crippen MR) is 70.4 cm³/mol. The fraction of sp³-hybridized carbons (Fsp3) is 0.571. The van der Waals surface area contributed by atoms with Gasteiger partial charge in [0.2, 0.25) is 0 Å². The summed E-state index contributed by atoms with van der Waals surface area (Å²) in [5, 5.41) is 0. The topological polar surface area (TPSA) is 44.5 Å². The standard InChI is InChI=1S/C14H23NO2/c1-4-8-17-9-7-14(15)13-6-5-12(16-3)10-11(13)2/h5-6,10,14H,4,7-9,15H2,1-3H3. The fourth-order valence-electron chi connectivity index (χ4n) is 1.80. The zero-order valence-corrected chi connectivity index (χ0v) is 11.0. The molecule has 0 radical (unpaired) electrons. The lowest BCUT2D eigenvalue weighted by Gasteiger charge is -2.15. The Morgan fingerprint density at radius 3 is 2.65 bits per heavy atom. The third-order valence-corrected chi connectivity index (χ3v) is 2.80. The second-order valence-electron chi connectivity index (χ2n) is 4.23. The van der Waals surface area contributed by atoms with E-state index in [0.29, 0.717) is 0 Å². The van der Waals surface area contributed by atoms with Gasteiger partial charge < -0.3 is 15.2 Å². The molecule has 1 atom stereocenters. The number of methoxy groups -OCH3 is 1. The summed E-state index contributed by atoms with van der Waals surface area (Å²) in [4.78, 5) is 0. The van der Waals surface area contributed by atoms with Crippen molar-refractivity contribution in [3.63, 3.8) is 0 Å². The van der Waals surface area contributed by atoms with E-state index in [-0.39, 0.29) is 6.04 Å². The monoisotopic (exact) mass is 237 g/mol. The molecule has 0 spiro atoms. The normalized spacial score (nSPS) is 12.5. The van der Waals surface area contributed by atoms with Crippen molar-refractivity contribution in [1.82, 2.24) is 0 Å². The Bertz CT molecular complexity index is 339. The highest BCUT2D eigenvalue weighted by Crippen LogP contribution is 2.22. The maximum atomic E-state index is 6.15. The number of rotatable bonds is 7. The van der Waals surface area contributed by atoms with Gasteiger partial charge in [-0.1, -0.05) is 13.0 Å². The van der Waals surface area contributed by atoms with Crippen LogP contribution in [0.4, 0.5) is 0 Å². The minimum Gasteiger partial charge on any atom is -0.497 e. The Morgan fingerprint density at radius 1 is 1.29 bits per heavy atom. The second kappa shape index (κ2) is 7.30. The number of benzene rings is 1. The summed E-state index contributed by atoms with van der Waals surface area (Å²) in [6, 6.07) is 6.05. The Balaban J connectivity index is 2.53. The van der Waals surface area contributed by atoms with Crippen molar-refractivity contribution in [2.75, 3.05) is 20.3 Å². The minimum absolute atomic E-state index is 0.0396. The highest BCUT2D eigenvalue weighted by atomic mass is 16.5. The van der Waals surface area contributed by atoms with Gasteiger partial charge in [-0.15, -0.1) is 0 Å². The lowest BCUT2D eigenvalue weighted by atomic mass is 9.99. The van der Waals surface area contributed by atoms with Crippen molar-refractivity contribution < 1.29 is 9.47 Å². The van der Waals surface area contributed by atoms with Gasteiger partial charge in [0, 0.05) is 19.3 Å². The zero-order chi connectivity index (χ0) is 12.7. The van der Waals surface area contributed by atoms with Crippen molar-refractivity contribution in [3.8, 4) is 5.75 Å². The summed E-state index contributed by atoms with van der Waals surface area (Å²) in [7, 11) is 1.67. The fourth-order valence-corrected chi connectivity index (χ4v) is 1.80. The molecule has 0 aliphatic rings. The maximum Gasteiger partial charge on any atom is 0.119 e. The lowest BCUT2D eigenvalue weighted by Crippen LogP contribution is -2.14. The zero-order valence-electron chi connectivity index (χ0n) is 11.0. The van der Waals surface area contributed by atoms with Gasteiger partial charge in [-0.3, -0.25) is 0 Å². The quantitative estimate of drug-likeness (QED) is 0.742. The number of hydrogen-bond acceptors (Lipinski definition) is 3. The van der Waals surface area contributed by atoms with Crippen LogP contribution in [0.3, 0.4) is 0 Å². The molecule has 1 aromatic carbocycles. The largest absolute Gasteiger partial charge is 0.497 e. The average Bonchev–Trinajstić information content (AvgIpc) is 2.34. The first-order valence-electron chi connectivity index (χ1n) is 6.17. The van der Waals surface area contributed by atoms with E-state index in [1.54, 1.807) is 7.11 Å². The van der Waals surface area contributed by atoms with E-state index < -0.39 is 0 Å². The molecule has 0 saturated heterocycles. The summed E-state index contributed by atoms with van der Waals surface area (Å²) in [5.74, 6) is 0.876. The minimum atomic E-state index is 0.0396. The summed E-state index contributed by atoms with van der Waals surface area (Å²) < 4.78 is 10.6. The molecule has 0 heterocycles. The number of hydrogen-bond donors (Lipinski definition) is 1. The van der Waals surface area contributed by atoms with Crippen molar-refractivity contribution in [3.05, 3.63) is 29.3 Å². The number of nitrogens with two attached hydrogens (primary N) is 1. The van der Waals surface area contributed by atoms with Crippen molar-refractivity contribution in [2.45, 2.75) is 32.7 Å². The molecule has 3 nitrogen and oxygen atoms in total. The Labute approximate surface area is 104 Å². The molecule has 96 valence electrons. The molecule has 3 heteroatoms. The van der Waals surface area contributed by atoms with E-state index in [9.17, 15) is 0 Å². The van der Waals surface area contributed by atoms with Gasteiger partial charge in [0.25, 0.3) is 0 Å². The maximum absolute atomic E-state index is 6.15.